The zero-order valence-corrected chi connectivity index (χ0v) is 9.71. The molecule has 0 bridgehead atoms. The molecule has 0 spiro atoms. The number of esters is 1. The molecule has 0 aromatic heterocycles. The van der Waals surface area contributed by atoms with Gasteiger partial charge >= 0.3 is 5.97 Å². The molecule has 15 heavy (non-hydrogen) atoms. The minimum absolute atomic E-state index is 0.0821. The van der Waals surface area contributed by atoms with E-state index in [0.717, 1.165) is 0 Å². The van der Waals surface area contributed by atoms with Gasteiger partial charge < -0.3 is 15.0 Å². The van der Waals surface area contributed by atoms with Crippen molar-refractivity contribution in [2.45, 2.75) is 19.8 Å². The molecule has 5 heteroatoms. The van der Waals surface area contributed by atoms with Crippen LogP contribution in [0.5, 0.6) is 0 Å². The standard InChI is InChI=1S/C10H20N2O3/c1-4-15-10(14)6-8-11-7-5-9(13)12(2)3/h11H,4-8H2,1-3H3. The number of ether oxygens (including phenoxy) is 1. The molecule has 0 atom stereocenters. The van der Waals surface area contributed by atoms with Gasteiger partial charge in [-0.3, -0.25) is 9.59 Å². The van der Waals surface area contributed by atoms with E-state index >= 15 is 0 Å². The van der Waals surface area contributed by atoms with Crippen molar-refractivity contribution in [1.82, 2.24) is 10.2 Å². The van der Waals surface area contributed by atoms with E-state index in [2.05, 4.69) is 5.32 Å². The average molecular weight is 216 g/mol. The number of hydrogen-bond acceptors (Lipinski definition) is 4. The third-order valence-electron chi connectivity index (χ3n) is 1.83. The van der Waals surface area contributed by atoms with Crippen LogP contribution in [0.1, 0.15) is 19.8 Å². The first kappa shape index (κ1) is 13.9. The lowest BCUT2D eigenvalue weighted by Gasteiger charge is -2.10. The Balaban J connectivity index is 3.32. The summed E-state index contributed by atoms with van der Waals surface area (Å²) in [6.07, 6.45) is 0.805. The van der Waals surface area contributed by atoms with Gasteiger partial charge in [-0.25, -0.2) is 0 Å². The van der Waals surface area contributed by atoms with E-state index in [1.807, 2.05) is 0 Å². The third kappa shape index (κ3) is 7.93. The van der Waals surface area contributed by atoms with Gasteiger partial charge in [-0.1, -0.05) is 0 Å². The first-order valence-corrected chi connectivity index (χ1v) is 5.14. The van der Waals surface area contributed by atoms with Gasteiger partial charge in [0.25, 0.3) is 0 Å². The topological polar surface area (TPSA) is 58.6 Å². The molecule has 0 aliphatic heterocycles. The second kappa shape index (κ2) is 8.23. The normalized spacial score (nSPS) is 9.80. The summed E-state index contributed by atoms with van der Waals surface area (Å²) in [5.74, 6) is -0.123. The highest BCUT2D eigenvalue weighted by molar-refractivity contribution is 5.75. The molecule has 0 rings (SSSR count). The van der Waals surface area contributed by atoms with Crippen molar-refractivity contribution in [1.29, 1.82) is 0 Å². The van der Waals surface area contributed by atoms with Gasteiger partial charge in [0, 0.05) is 33.6 Å². The maximum Gasteiger partial charge on any atom is 0.307 e. The highest BCUT2D eigenvalue weighted by Crippen LogP contribution is 1.87. The van der Waals surface area contributed by atoms with Crippen molar-refractivity contribution < 1.29 is 14.3 Å². The van der Waals surface area contributed by atoms with Crippen LogP contribution in [0.4, 0.5) is 0 Å². The molecular weight excluding hydrogens is 196 g/mol. The van der Waals surface area contributed by atoms with Gasteiger partial charge in [0.2, 0.25) is 5.91 Å². The van der Waals surface area contributed by atoms with Crippen LogP contribution in [0, 0.1) is 0 Å². The Morgan fingerprint density at radius 3 is 2.33 bits per heavy atom. The Bertz CT molecular complexity index is 205. The number of amides is 1. The highest BCUT2D eigenvalue weighted by atomic mass is 16.5. The monoisotopic (exact) mass is 216 g/mol. The van der Waals surface area contributed by atoms with Gasteiger partial charge in [0.05, 0.1) is 13.0 Å². The van der Waals surface area contributed by atoms with Crippen LogP contribution < -0.4 is 5.32 Å². The number of rotatable bonds is 7. The lowest BCUT2D eigenvalue weighted by molar-refractivity contribution is -0.142. The van der Waals surface area contributed by atoms with E-state index < -0.39 is 0 Å². The van der Waals surface area contributed by atoms with Gasteiger partial charge in [0.15, 0.2) is 0 Å². The summed E-state index contributed by atoms with van der Waals surface area (Å²) in [5, 5.41) is 3.01. The van der Waals surface area contributed by atoms with Crippen LogP contribution in [-0.4, -0.2) is 50.6 Å². The van der Waals surface area contributed by atoms with Crippen LogP contribution in [0.25, 0.3) is 0 Å². The lowest BCUT2D eigenvalue weighted by atomic mass is 10.3. The summed E-state index contributed by atoms with van der Waals surface area (Å²) in [6.45, 7) is 3.34. The molecule has 0 radical (unpaired) electrons. The number of nitrogens with zero attached hydrogens (tertiary/aromatic N) is 1. The number of nitrogens with one attached hydrogen (secondary N) is 1. The smallest absolute Gasteiger partial charge is 0.307 e. The van der Waals surface area contributed by atoms with Crippen molar-refractivity contribution in [2.24, 2.45) is 0 Å². The number of carbonyl (C=O) groups is 2. The van der Waals surface area contributed by atoms with Gasteiger partial charge in [0.1, 0.15) is 0 Å². The molecule has 1 amide bonds. The molecule has 0 saturated carbocycles. The van der Waals surface area contributed by atoms with Crippen molar-refractivity contribution >= 4 is 11.9 Å². The maximum absolute atomic E-state index is 11.1. The minimum Gasteiger partial charge on any atom is -0.466 e. The second-order valence-corrected chi connectivity index (χ2v) is 3.34. The molecule has 5 nitrogen and oxygen atoms in total. The Kier molecular flexibility index (Phi) is 7.62. The van der Waals surface area contributed by atoms with E-state index in [9.17, 15) is 9.59 Å². The Labute approximate surface area is 90.8 Å². The number of carbonyl (C=O) groups excluding carboxylic acids is 2. The molecule has 0 aromatic carbocycles. The summed E-state index contributed by atoms with van der Waals surface area (Å²) >= 11 is 0. The average Bonchev–Trinajstić information content (AvgIpc) is 2.17. The van der Waals surface area contributed by atoms with Gasteiger partial charge in [-0.15, -0.1) is 0 Å². The summed E-state index contributed by atoms with van der Waals surface area (Å²) in [5.41, 5.74) is 0. The fraction of sp³-hybridized carbons (Fsp3) is 0.800. The van der Waals surface area contributed by atoms with Crippen molar-refractivity contribution in [2.75, 3.05) is 33.8 Å². The number of hydrogen-bond donors (Lipinski definition) is 1. The van der Waals surface area contributed by atoms with Crippen molar-refractivity contribution in [3.8, 4) is 0 Å². The van der Waals surface area contributed by atoms with Gasteiger partial charge in [-0.05, 0) is 6.92 Å². The van der Waals surface area contributed by atoms with Crippen LogP contribution >= 0.6 is 0 Å². The summed E-state index contributed by atoms with van der Waals surface area (Å²) in [4.78, 5) is 23.6. The Hall–Kier alpha value is -1.10. The van der Waals surface area contributed by atoms with Crippen molar-refractivity contribution in [3.05, 3.63) is 0 Å². The zero-order valence-electron chi connectivity index (χ0n) is 9.71. The molecule has 88 valence electrons. The van der Waals surface area contributed by atoms with Crippen LogP contribution in [0.2, 0.25) is 0 Å². The third-order valence-corrected chi connectivity index (χ3v) is 1.83. The predicted molar refractivity (Wildman–Crippen MR) is 57.4 cm³/mol. The maximum atomic E-state index is 11.1. The minimum atomic E-state index is -0.205. The molecule has 0 unspecified atom stereocenters. The summed E-state index contributed by atoms with van der Waals surface area (Å²) in [7, 11) is 3.45. The molecule has 0 aromatic rings. The predicted octanol–water partition coefficient (Wildman–Crippen LogP) is 0.00750. The first-order valence-electron chi connectivity index (χ1n) is 5.14. The summed E-state index contributed by atoms with van der Waals surface area (Å²) < 4.78 is 4.75. The lowest BCUT2D eigenvalue weighted by Crippen LogP contribution is -2.27. The van der Waals surface area contributed by atoms with E-state index in [4.69, 9.17) is 4.74 Å². The molecule has 0 aliphatic carbocycles. The van der Waals surface area contributed by atoms with Crippen molar-refractivity contribution in [3.63, 3.8) is 0 Å². The second-order valence-electron chi connectivity index (χ2n) is 3.34. The molecule has 0 aliphatic rings. The van der Waals surface area contributed by atoms with Crippen LogP contribution in [-0.2, 0) is 14.3 Å². The molecular formula is C10H20N2O3. The molecule has 0 heterocycles. The SMILES string of the molecule is CCOC(=O)CCNCCC(=O)N(C)C. The highest BCUT2D eigenvalue weighted by Gasteiger charge is 2.03. The van der Waals surface area contributed by atoms with Crippen LogP contribution in [0.3, 0.4) is 0 Å². The van der Waals surface area contributed by atoms with Gasteiger partial charge in [-0.2, -0.15) is 0 Å². The van der Waals surface area contributed by atoms with E-state index in [-0.39, 0.29) is 11.9 Å². The van der Waals surface area contributed by atoms with E-state index in [1.54, 1.807) is 25.9 Å². The Morgan fingerprint density at radius 2 is 1.80 bits per heavy atom. The Morgan fingerprint density at radius 1 is 1.20 bits per heavy atom. The molecule has 1 N–H and O–H groups in total. The quantitative estimate of drug-likeness (QED) is 0.481. The molecule has 0 saturated heterocycles. The fourth-order valence-corrected chi connectivity index (χ4v) is 0.968. The molecule has 0 fully saturated rings. The summed E-state index contributed by atoms with van der Waals surface area (Å²) in [6, 6.07) is 0. The van der Waals surface area contributed by atoms with E-state index in [1.165, 1.54) is 0 Å². The first-order chi connectivity index (χ1) is 7.07. The zero-order chi connectivity index (χ0) is 11.7. The van der Waals surface area contributed by atoms with E-state index in [0.29, 0.717) is 32.5 Å². The largest absolute Gasteiger partial charge is 0.466 e. The fourth-order valence-electron chi connectivity index (χ4n) is 0.968. The van der Waals surface area contributed by atoms with Crippen LogP contribution in [0.15, 0.2) is 0 Å².